The van der Waals surface area contributed by atoms with E-state index in [0.717, 1.165) is 10.8 Å². The lowest BCUT2D eigenvalue weighted by Crippen LogP contribution is -2.25. The molecule has 0 bridgehead atoms. The minimum atomic E-state index is 0.667. The Kier molecular flexibility index (Phi) is 78.0. The molecule has 7 N–H and O–H groups in total. The van der Waals surface area contributed by atoms with Gasteiger partial charge in [0.05, 0.1) is 12.8 Å². The molecule has 0 saturated carbocycles. The quantitative estimate of drug-likeness (QED) is 0.191. The molecule has 0 saturated heterocycles. The number of hydrazone groups is 1. The van der Waals surface area contributed by atoms with E-state index in [-0.39, 0.29) is 0 Å². The Morgan fingerprint density at radius 1 is 0.839 bits per heavy atom. The number of hydrogen-bond acceptors (Lipinski definition) is 12. The third-order valence-electron chi connectivity index (χ3n) is 1.19. The van der Waals surface area contributed by atoms with E-state index in [2.05, 4.69) is 36.7 Å². The molecule has 0 aromatic heterocycles. The molecule has 0 aromatic carbocycles. The summed E-state index contributed by atoms with van der Waals surface area (Å²) >= 11 is 0. The van der Waals surface area contributed by atoms with Crippen molar-refractivity contribution in [3.8, 4) is 0 Å². The van der Waals surface area contributed by atoms with Crippen molar-refractivity contribution < 1.29 is 15.3 Å². The molecule has 0 fully saturated rings. The van der Waals surface area contributed by atoms with Crippen molar-refractivity contribution in [2.24, 2.45) is 10.3 Å². The van der Waals surface area contributed by atoms with Gasteiger partial charge in [-0.1, -0.05) is 5.16 Å². The van der Waals surface area contributed by atoms with E-state index >= 15 is 0 Å². The van der Waals surface area contributed by atoms with Crippen LogP contribution in [0.2, 0.25) is 0 Å². The first-order valence-corrected chi connectivity index (χ1v) is 9.45. The topological polar surface area (TPSA) is 153 Å². The molecule has 0 unspecified atom stereocenters. The van der Waals surface area contributed by atoms with Gasteiger partial charge in [-0.05, 0) is 62.7 Å². The van der Waals surface area contributed by atoms with Crippen molar-refractivity contribution in [3.05, 3.63) is 0 Å². The van der Waals surface area contributed by atoms with Crippen molar-refractivity contribution in [1.29, 1.82) is 5.41 Å². The van der Waals surface area contributed by atoms with Crippen LogP contribution in [0, 0.1) is 5.41 Å². The SMILES string of the molecule is CC(C)=N.CC(C)=NO.CN(C)O.CNC.CNN(C)C.CNN=C(C)C.CNOC. The minimum Gasteiger partial charge on any atom is -0.411 e. The van der Waals surface area contributed by atoms with Crippen LogP contribution < -0.4 is 21.6 Å². The Hall–Kier alpha value is -1.67. The molecule has 0 rings (SSSR count). The van der Waals surface area contributed by atoms with Crippen LogP contribution in [-0.4, -0.2) is 108 Å². The predicted molar refractivity (Wildman–Crippen MR) is 137 cm³/mol. The Bertz CT molecular complexity index is 336. The zero-order valence-corrected chi connectivity index (χ0v) is 23.1. The van der Waals surface area contributed by atoms with Gasteiger partial charge in [-0.15, -0.1) is 0 Å². The lowest BCUT2D eigenvalue weighted by atomic mass is 10.5. The van der Waals surface area contributed by atoms with Crippen LogP contribution in [0.15, 0.2) is 10.3 Å². The highest BCUT2D eigenvalue weighted by Crippen LogP contribution is 1.64. The first kappa shape index (κ1) is 47.2. The van der Waals surface area contributed by atoms with Crippen LogP contribution in [0.5, 0.6) is 0 Å². The van der Waals surface area contributed by atoms with Crippen LogP contribution in [0.3, 0.4) is 0 Å². The van der Waals surface area contributed by atoms with E-state index < -0.39 is 0 Å². The fourth-order valence-corrected chi connectivity index (χ4v) is 0.224. The highest BCUT2D eigenvalue weighted by Gasteiger charge is 1.69. The lowest BCUT2D eigenvalue weighted by molar-refractivity contribution is -0.0372. The second-order valence-electron chi connectivity index (χ2n) is 6.20. The second-order valence-corrected chi connectivity index (χ2v) is 6.20. The maximum Gasteiger partial charge on any atom is 0.0572 e. The van der Waals surface area contributed by atoms with Crippen LogP contribution >= 0.6 is 0 Å². The molecule has 0 radical (unpaired) electrons. The number of nitrogens with zero attached hydrogens (tertiary/aromatic N) is 4. The Labute approximate surface area is 192 Å². The Balaban J connectivity index is -0.0000000438. The zero-order chi connectivity index (χ0) is 26.8. The van der Waals surface area contributed by atoms with Gasteiger partial charge in [0, 0.05) is 53.7 Å². The maximum atomic E-state index is 7.89. The lowest BCUT2D eigenvalue weighted by Gasteiger charge is -2.02. The molecule has 31 heavy (non-hydrogen) atoms. The zero-order valence-electron chi connectivity index (χ0n) is 23.1. The largest absolute Gasteiger partial charge is 0.411 e. The first-order valence-electron chi connectivity index (χ1n) is 9.45. The standard InChI is InChI=1S/C4H10N2.C3H10N2.C3H7NO.C3H7N.2C2H7NO.C2H7N/c1-4(2)6-5-3;1-4-5(2)3;1-3(2)4-5;1-3(2)4;1-3-4-2;1-3(2)4;1-3-2/h5H,1-3H3;4H,1-3H3;5H,1-2H3;4H,1-2H3;3H,1-2H3;4H,1-2H3;3H,1-2H3. The van der Waals surface area contributed by atoms with Crippen molar-refractivity contribution in [1.82, 2.24) is 31.7 Å². The summed E-state index contributed by atoms with van der Waals surface area (Å²) < 4.78 is 0. The van der Waals surface area contributed by atoms with E-state index in [4.69, 9.17) is 15.8 Å². The minimum absolute atomic E-state index is 0.667. The summed E-state index contributed by atoms with van der Waals surface area (Å²) in [5.41, 5.74) is 10.4. The molecule has 0 amide bonds. The van der Waals surface area contributed by atoms with E-state index in [1.54, 1.807) is 63.0 Å². The fourth-order valence-electron chi connectivity index (χ4n) is 0.224. The first-order chi connectivity index (χ1) is 14.1. The summed E-state index contributed by atoms with van der Waals surface area (Å²) in [6, 6.07) is 0. The summed E-state index contributed by atoms with van der Waals surface area (Å²) in [7, 11) is 17.7. The van der Waals surface area contributed by atoms with E-state index in [9.17, 15) is 0 Å². The molecule has 12 heteroatoms. The molecule has 0 atom stereocenters. The van der Waals surface area contributed by atoms with Gasteiger partial charge < -0.3 is 31.4 Å². The van der Waals surface area contributed by atoms with E-state index in [1.807, 2.05) is 54.1 Å². The van der Waals surface area contributed by atoms with Crippen molar-refractivity contribution in [2.75, 3.05) is 70.5 Å². The smallest absolute Gasteiger partial charge is 0.0572 e. The van der Waals surface area contributed by atoms with Crippen LogP contribution in [0.1, 0.15) is 41.5 Å². The second kappa shape index (κ2) is 51.2. The van der Waals surface area contributed by atoms with Gasteiger partial charge in [0.25, 0.3) is 0 Å². The monoisotopic (exact) mass is 457 g/mol. The van der Waals surface area contributed by atoms with Crippen LogP contribution in [0.4, 0.5) is 0 Å². The molecule has 0 aliphatic rings. The molecule has 0 aliphatic heterocycles. The average molecular weight is 458 g/mol. The normalized spacial score (nSPS) is 7.58. The molecule has 0 aromatic rings. The molecule has 0 spiro atoms. The average Bonchev–Trinajstić information content (AvgIpc) is 2.62. The van der Waals surface area contributed by atoms with Gasteiger partial charge in [0.15, 0.2) is 0 Å². The van der Waals surface area contributed by atoms with Gasteiger partial charge in [-0.3, -0.25) is 10.4 Å². The number of oxime groups is 1. The number of hydroxylamine groups is 3. The maximum absolute atomic E-state index is 7.89. The molecule has 0 heterocycles. The molecular weight excluding hydrogens is 402 g/mol. The number of hydrazine groups is 1. The van der Waals surface area contributed by atoms with Gasteiger partial charge in [0.1, 0.15) is 0 Å². The summed E-state index contributed by atoms with van der Waals surface area (Å²) in [5.74, 6) is 0. The molecule has 12 nitrogen and oxygen atoms in total. The summed E-state index contributed by atoms with van der Waals surface area (Å²) in [5, 5.41) is 34.3. The van der Waals surface area contributed by atoms with Crippen LogP contribution in [0.25, 0.3) is 0 Å². The molecule has 0 aliphatic carbocycles. The van der Waals surface area contributed by atoms with Gasteiger partial charge in [-0.25, -0.2) is 5.48 Å². The van der Waals surface area contributed by atoms with E-state index in [1.165, 1.54) is 0 Å². The highest BCUT2D eigenvalue weighted by molar-refractivity contribution is 5.78. The Morgan fingerprint density at radius 2 is 1.03 bits per heavy atom. The number of rotatable bonds is 3. The van der Waals surface area contributed by atoms with E-state index in [0.29, 0.717) is 11.4 Å². The van der Waals surface area contributed by atoms with Crippen molar-refractivity contribution in [2.45, 2.75) is 41.5 Å². The van der Waals surface area contributed by atoms with Crippen molar-refractivity contribution >= 4 is 17.1 Å². The van der Waals surface area contributed by atoms with Crippen LogP contribution in [-0.2, 0) is 4.84 Å². The van der Waals surface area contributed by atoms with Gasteiger partial charge in [0.2, 0.25) is 0 Å². The number of nitrogens with one attached hydrogen (secondary N) is 5. The van der Waals surface area contributed by atoms with Gasteiger partial charge in [-0.2, -0.15) is 10.2 Å². The van der Waals surface area contributed by atoms with Gasteiger partial charge >= 0.3 is 0 Å². The summed E-state index contributed by atoms with van der Waals surface area (Å²) in [6.45, 7) is 10.8. The highest BCUT2D eigenvalue weighted by atomic mass is 16.6. The fraction of sp³-hybridized carbons (Fsp3) is 0.842. The molecule has 194 valence electrons. The van der Waals surface area contributed by atoms with Crippen molar-refractivity contribution in [3.63, 3.8) is 0 Å². The summed E-state index contributed by atoms with van der Waals surface area (Å²) in [6.07, 6.45) is 0. The predicted octanol–water partition coefficient (Wildman–Crippen LogP) is 1.73. The summed E-state index contributed by atoms with van der Waals surface area (Å²) in [4.78, 5) is 4.29. The molecular formula is C19H55N9O3. The third kappa shape index (κ3) is 490. The number of hydrogen-bond donors (Lipinski definition) is 7. The Morgan fingerprint density at radius 3 is 1.03 bits per heavy atom. The third-order valence-corrected chi connectivity index (χ3v) is 1.19.